The second-order valence-corrected chi connectivity index (χ2v) is 4.50. The zero-order valence-corrected chi connectivity index (χ0v) is 12.3. The van der Waals surface area contributed by atoms with Crippen LogP contribution in [0.4, 0.5) is 4.39 Å². The normalized spacial score (nSPS) is 11.4. The Bertz CT molecular complexity index is 534. The number of amides is 1. The van der Waals surface area contributed by atoms with Crippen LogP contribution in [0.15, 0.2) is 18.2 Å². The largest absolute Gasteiger partial charge is 0.395 e. The maximum Gasteiger partial charge on any atom is 0.251 e. The van der Waals surface area contributed by atoms with Gasteiger partial charge in [-0.3, -0.25) is 4.79 Å². The summed E-state index contributed by atoms with van der Waals surface area (Å²) in [4.78, 5) is 12.0. The molecule has 0 fully saturated rings. The SMILES string of the molecule is CCC(COC)NC(=O)c1ccc(C#CCCO)c(F)c1. The molecule has 1 rings (SSSR count). The van der Waals surface area contributed by atoms with Gasteiger partial charge in [0.15, 0.2) is 0 Å². The quantitative estimate of drug-likeness (QED) is 0.785. The van der Waals surface area contributed by atoms with E-state index in [1.807, 2.05) is 6.92 Å². The molecule has 1 amide bonds. The zero-order valence-electron chi connectivity index (χ0n) is 12.3. The van der Waals surface area contributed by atoms with Gasteiger partial charge in [0.05, 0.1) is 24.8 Å². The van der Waals surface area contributed by atoms with Crippen molar-refractivity contribution in [3.05, 3.63) is 35.1 Å². The second kappa shape index (κ2) is 9.11. The first-order valence-electron chi connectivity index (χ1n) is 6.81. The topological polar surface area (TPSA) is 58.6 Å². The molecule has 5 heteroatoms. The number of benzene rings is 1. The second-order valence-electron chi connectivity index (χ2n) is 4.50. The summed E-state index contributed by atoms with van der Waals surface area (Å²) in [7, 11) is 1.56. The first-order valence-corrected chi connectivity index (χ1v) is 6.81. The van der Waals surface area contributed by atoms with Gasteiger partial charge in [0.25, 0.3) is 5.91 Å². The summed E-state index contributed by atoms with van der Waals surface area (Å²) in [6, 6.07) is 4.06. The number of aliphatic hydroxyl groups is 1. The van der Waals surface area contributed by atoms with Crippen molar-refractivity contribution in [1.82, 2.24) is 5.32 Å². The molecule has 0 heterocycles. The molecule has 114 valence electrons. The lowest BCUT2D eigenvalue weighted by Crippen LogP contribution is -2.37. The molecule has 1 unspecified atom stereocenters. The van der Waals surface area contributed by atoms with Crippen molar-refractivity contribution < 1.29 is 19.0 Å². The summed E-state index contributed by atoms with van der Waals surface area (Å²) in [5.74, 6) is 4.37. The Morgan fingerprint density at radius 2 is 2.29 bits per heavy atom. The van der Waals surface area contributed by atoms with Crippen molar-refractivity contribution in [3.63, 3.8) is 0 Å². The fraction of sp³-hybridized carbons (Fsp3) is 0.438. The highest BCUT2D eigenvalue weighted by Crippen LogP contribution is 2.10. The van der Waals surface area contributed by atoms with Crippen LogP contribution in [0.3, 0.4) is 0 Å². The Morgan fingerprint density at radius 3 is 2.86 bits per heavy atom. The van der Waals surface area contributed by atoms with E-state index in [1.54, 1.807) is 7.11 Å². The fourth-order valence-electron chi connectivity index (χ4n) is 1.70. The lowest BCUT2D eigenvalue weighted by atomic mass is 10.1. The lowest BCUT2D eigenvalue weighted by molar-refractivity contribution is 0.0894. The Morgan fingerprint density at radius 1 is 1.52 bits per heavy atom. The van der Waals surface area contributed by atoms with Crippen LogP contribution in [-0.2, 0) is 4.74 Å². The molecule has 0 aliphatic rings. The number of carbonyl (C=O) groups is 1. The Kier molecular flexibility index (Phi) is 7.44. The summed E-state index contributed by atoms with van der Waals surface area (Å²) < 4.78 is 18.8. The van der Waals surface area contributed by atoms with Gasteiger partial charge >= 0.3 is 0 Å². The third-order valence-corrected chi connectivity index (χ3v) is 2.89. The van der Waals surface area contributed by atoms with Gasteiger partial charge in [-0.25, -0.2) is 4.39 Å². The molecule has 0 bridgehead atoms. The smallest absolute Gasteiger partial charge is 0.251 e. The van der Waals surface area contributed by atoms with E-state index in [0.29, 0.717) is 6.61 Å². The minimum absolute atomic E-state index is 0.0625. The average Bonchev–Trinajstić information content (AvgIpc) is 2.48. The highest BCUT2D eigenvalue weighted by atomic mass is 19.1. The van der Waals surface area contributed by atoms with Gasteiger partial charge < -0.3 is 15.2 Å². The van der Waals surface area contributed by atoms with Gasteiger partial charge in [-0.1, -0.05) is 18.8 Å². The third-order valence-electron chi connectivity index (χ3n) is 2.89. The third kappa shape index (κ3) is 5.54. The molecule has 1 aromatic rings. The van der Waals surface area contributed by atoms with E-state index >= 15 is 0 Å². The van der Waals surface area contributed by atoms with Crippen LogP contribution in [0.25, 0.3) is 0 Å². The predicted molar refractivity (Wildman–Crippen MR) is 78.4 cm³/mol. The Labute approximate surface area is 124 Å². The first kappa shape index (κ1) is 17.2. The molecule has 4 nitrogen and oxygen atoms in total. The molecule has 0 aliphatic heterocycles. The van der Waals surface area contributed by atoms with Crippen molar-refractivity contribution >= 4 is 5.91 Å². The molecule has 0 saturated carbocycles. The highest BCUT2D eigenvalue weighted by molar-refractivity contribution is 5.94. The lowest BCUT2D eigenvalue weighted by Gasteiger charge is -2.15. The van der Waals surface area contributed by atoms with Crippen molar-refractivity contribution in [2.24, 2.45) is 0 Å². The number of nitrogens with one attached hydrogen (secondary N) is 1. The minimum atomic E-state index is -0.548. The predicted octanol–water partition coefficient (Wildman–Crippen LogP) is 1.71. The standard InChI is InChI=1S/C16H20FNO3/c1-3-14(11-21-2)18-16(20)13-8-7-12(15(17)10-13)6-4-5-9-19/h7-8,10,14,19H,3,5,9,11H2,1-2H3,(H,18,20). The number of hydrogen-bond donors (Lipinski definition) is 2. The molecule has 0 aliphatic carbocycles. The number of carbonyl (C=O) groups excluding carboxylic acids is 1. The molecular formula is C16H20FNO3. The first-order chi connectivity index (χ1) is 10.1. The van der Waals surface area contributed by atoms with Crippen molar-refractivity contribution in [2.75, 3.05) is 20.3 Å². The molecule has 0 radical (unpaired) electrons. The van der Waals surface area contributed by atoms with E-state index in [1.165, 1.54) is 12.1 Å². The van der Waals surface area contributed by atoms with E-state index < -0.39 is 5.82 Å². The molecule has 1 aromatic carbocycles. The maximum absolute atomic E-state index is 13.8. The van der Waals surface area contributed by atoms with E-state index in [9.17, 15) is 9.18 Å². The van der Waals surface area contributed by atoms with E-state index in [4.69, 9.17) is 9.84 Å². The molecule has 0 spiro atoms. The number of rotatable bonds is 6. The van der Waals surface area contributed by atoms with Gasteiger partial charge in [0.1, 0.15) is 5.82 Å². The van der Waals surface area contributed by atoms with Crippen molar-refractivity contribution in [3.8, 4) is 11.8 Å². The van der Waals surface area contributed by atoms with Crippen LogP contribution < -0.4 is 5.32 Å². The maximum atomic E-state index is 13.8. The van der Waals surface area contributed by atoms with Gasteiger partial charge in [-0.15, -0.1) is 0 Å². The minimum Gasteiger partial charge on any atom is -0.395 e. The molecule has 0 aromatic heterocycles. The monoisotopic (exact) mass is 293 g/mol. The zero-order chi connectivity index (χ0) is 15.7. The number of halogens is 1. The van der Waals surface area contributed by atoms with Crippen LogP contribution in [0, 0.1) is 17.7 Å². The van der Waals surface area contributed by atoms with E-state index in [0.717, 1.165) is 12.5 Å². The molecule has 1 atom stereocenters. The van der Waals surface area contributed by atoms with Gasteiger partial charge in [0.2, 0.25) is 0 Å². The van der Waals surface area contributed by atoms with Gasteiger partial charge in [-0.2, -0.15) is 0 Å². The van der Waals surface area contributed by atoms with Gasteiger partial charge in [0, 0.05) is 19.1 Å². The summed E-state index contributed by atoms with van der Waals surface area (Å²) in [5.41, 5.74) is 0.457. The van der Waals surface area contributed by atoms with Crippen molar-refractivity contribution in [1.29, 1.82) is 0 Å². The number of ether oxygens (including phenoxy) is 1. The van der Waals surface area contributed by atoms with Crippen molar-refractivity contribution in [2.45, 2.75) is 25.8 Å². The number of hydrogen-bond acceptors (Lipinski definition) is 3. The molecular weight excluding hydrogens is 273 g/mol. The Hall–Kier alpha value is -1.90. The summed E-state index contributed by atoms with van der Waals surface area (Å²) >= 11 is 0. The van der Waals surface area contributed by atoms with Crippen LogP contribution in [0.2, 0.25) is 0 Å². The van der Waals surface area contributed by atoms with Crippen LogP contribution >= 0.6 is 0 Å². The summed E-state index contributed by atoms with van der Waals surface area (Å²) in [6.07, 6.45) is 1.02. The highest BCUT2D eigenvalue weighted by Gasteiger charge is 2.13. The summed E-state index contributed by atoms with van der Waals surface area (Å²) in [5, 5.41) is 11.4. The van der Waals surface area contributed by atoms with E-state index in [2.05, 4.69) is 17.2 Å². The molecule has 2 N–H and O–H groups in total. The fourth-order valence-corrected chi connectivity index (χ4v) is 1.70. The number of aliphatic hydroxyl groups excluding tert-OH is 1. The molecule has 21 heavy (non-hydrogen) atoms. The van der Waals surface area contributed by atoms with Crippen LogP contribution in [0.1, 0.15) is 35.7 Å². The van der Waals surface area contributed by atoms with Gasteiger partial charge in [-0.05, 0) is 24.6 Å². The van der Waals surface area contributed by atoms with Crippen LogP contribution in [-0.4, -0.2) is 37.4 Å². The number of methoxy groups -OCH3 is 1. The summed E-state index contributed by atoms with van der Waals surface area (Å²) in [6.45, 7) is 2.28. The Balaban J connectivity index is 2.79. The average molecular weight is 293 g/mol. The van der Waals surface area contributed by atoms with E-state index in [-0.39, 0.29) is 36.1 Å². The van der Waals surface area contributed by atoms with Crippen LogP contribution in [0.5, 0.6) is 0 Å². The molecule has 0 saturated heterocycles.